The van der Waals surface area contributed by atoms with Gasteiger partial charge in [0.15, 0.2) is 0 Å². The summed E-state index contributed by atoms with van der Waals surface area (Å²) in [6.07, 6.45) is 1.05. The minimum atomic E-state index is 0.0203. The van der Waals surface area contributed by atoms with Crippen LogP contribution in [0.1, 0.15) is 13.3 Å². The van der Waals surface area contributed by atoms with E-state index < -0.39 is 0 Å². The highest BCUT2D eigenvalue weighted by atomic mass is 16.6. The van der Waals surface area contributed by atoms with Crippen molar-refractivity contribution in [1.82, 2.24) is 5.32 Å². The first kappa shape index (κ1) is 7.53. The smallest absolute Gasteiger partial charge is 0.106 e. The van der Waals surface area contributed by atoms with Crippen molar-refractivity contribution in [2.75, 3.05) is 26.4 Å². The predicted octanol–water partition coefficient (Wildman–Crippen LogP) is 0.154. The molecule has 0 amide bonds. The summed E-state index contributed by atoms with van der Waals surface area (Å²) in [7, 11) is 0. The lowest BCUT2D eigenvalue weighted by atomic mass is 10.0. The van der Waals surface area contributed by atoms with Crippen molar-refractivity contribution in [3.8, 4) is 0 Å². The van der Waals surface area contributed by atoms with Crippen LogP contribution in [0.2, 0.25) is 0 Å². The fourth-order valence-electron chi connectivity index (χ4n) is 1.61. The van der Waals surface area contributed by atoms with E-state index in [1.54, 1.807) is 0 Å². The van der Waals surface area contributed by atoms with Gasteiger partial charge in [-0.3, -0.25) is 0 Å². The quantitative estimate of drug-likeness (QED) is 0.543. The van der Waals surface area contributed by atoms with Gasteiger partial charge in [0.25, 0.3) is 0 Å². The highest BCUT2D eigenvalue weighted by Gasteiger charge is 2.38. The molecule has 2 aliphatic heterocycles. The Bertz CT molecular complexity index is 133. The second-order valence-electron chi connectivity index (χ2n) is 3.58. The van der Waals surface area contributed by atoms with Crippen LogP contribution < -0.4 is 5.32 Å². The highest BCUT2D eigenvalue weighted by Crippen LogP contribution is 2.24. The topological polar surface area (TPSA) is 30.5 Å². The van der Waals surface area contributed by atoms with Gasteiger partial charge in [0.05, 0.1) is 13.2 Å². The van der Waals surface area contributed by atoms with Crippen molar-refractivity contribution in [3.63, 3.8) is 0 Å². The van der Waals surface area contributed by atoms with Crippen molar-refractivity contribution in [3.05, 3.63) is 0 Å². The molecule has 0 saturated carbocycles. The molecule has 2 saturated heterocycles. The fraction of sp³-hybridized carbons (Fsp3) is 1.00. The lowest BCUT2D eigenvalue weighted by Gasteiger charge is -2.35. The Balaban J connectivity index is 1.94. The summed E-state index contributed by atoms with van der Waals surface area (Å²) in [5, 5.41) is 3.41. The Morgan fingerprint density at radius 3 is 3.00 bits per heavy atom. The molecule has 2 heterocycles. The zero-order valence-corrected chi connectivity index (χ0v) is 6.93. The van der Waals surface area contributed by atoms with E-state index in [-0.39, 0.29) is 5.60 Å². The molecule has 2 rings (SSSR count). The average molecular weight is 157 g/mol. The number of morpholine rings is 1. The zero-order valence-electron chi connectivity index (χ0n) is 6.93. The molecule has 0 aromatic heterocycles. The molecule has 0 aromatic rings. The Morgan fingerprint density at radius 2 is 2.45 bits per heavy atom. The lowest BCUT2D eigenvalue weighted by Crippen LogP contribution is -2.53. The van der Waals surface area contributed by atoms with E-state index in [2.05, 4.69) is 12.2 Å². The van der Waals surface area contributed by atoms with Crippen LogP contribution in [0.25, 0.3) is 0 Å². The highest BCUT2D eigenvalue weighted by molar-refractivity contribution is 4.91. The SMILES string of the molecule is C[C@@H]1COC2(CCOC2)CN1. The molecule has 1 spiro atoms. The summed E-state index contributed by atoms with van der Waals surface area (Å²) in [5.74, 6) is 0. The molecular weight excluding hydrogens is 142 g/mol. The summed E-state index contributed by atoms with van der Waals surface area (Å²) in [4.78, 5) is 0. The summed E-state index contributed by atoms with van der Waals surface area (Å²) < 4.78 is 11.1. The number of nitrogens with one attached hydrogen (secondary N) is 1. The molecular formula is C8H15NO2. The maximum Gasteiger partial charge on any atom is 0.106 e. The van der Waals surface area contributed by atoms with Crippen LogP contribution in [-0.4, -0.2) is 38.0 Å². The van der Waals surface area contributed by atoms with Gasteiger partial charge in [-0.05, 0) is 6.92 Å². The molecule has 0 aromatic carbocycles. The lowest BCUT2D eigenvalue weighted by molar-refractivity contribution is -0.0813. The molecule has 1 unspecified atom stereocenters. The van der Waals surface area contributed by atoms with Crippen LogP contribution in [0.5, 0.6) is 0 Å². The van der Waals surface area contributed by atoms with Crippen molar-refractivity contribution < 1.29 is 9.47 Å². The number of ether oxygens (including phenoxy) is 2. The molecule has 0 aliphatic carbocycles. The number of hydrogen-bond donors (Lipinski definition) is 1. The normalized spacial score (nSPS) is 45.0. The molecule has 1 N–H and O–H groups in total. The van der Waals surface area contributed by atoms with Gasteiger partial charge >= 0.3 is 0 Å². The van der Waals surface area contributed by atoms with Gasteiger partial charge in [-0.2, -0.15) is 0 Å². The maximum absolute atomic E-state index is 5.75. The monoisotopic (exact) mass is 157 g/mol. The van der Waals surface area contributed by atoms with E-state index >= 15 is 0 Å². The van der Waals surface area contributed by atoms with E-state index in [4.69, 9.17) is 9.47 Å². The van der Waals surface area contributed by atoms with Crippen LogP contribution in [-0.2, 0) is 9.47 Å². The molecule has 3 heteroatoms. The third kappa shape index (κ3) is 1.41. The Labute approximate surface area is 67.1 Å². The van der Waals surface area contributed by atoms with E-state index in [0.29, 0.717) is 6.04 Å². The molecule has 2 atom stereocenters. The maximum atomic E-state index is 5.75. The van der Waals surface area contributed by atoms with E-state index in [9.17, 15) is 0 Å². The van der Waals surface area contributed by atoms with Gasteiger partial charge in [-0.15, -0.1) is 0 Å². The van der Waals surface area contributed by atoms with Crippen molar-refractivity contribution >= 4 is 0 Å². The number of rotatable bonds is 0. The first-order chi connectivity index (χ1) is 5.31. The summed E-state index contributed by atoms with van der Waals surface area (Å²) >= 11 is 0. The van der Waals surface area contributed by atoms with Crippen molar-refractivity contribution in [2.24, 2.45) is 0 Å². The van der Waals surface area contributed by atoms with Gasteiger partial charge < -0.3 is 14.8 Å². The van der Waals surface area contributed by atoms with Crippen LogP contribution >= 0.6 is 0 Å². The van der Waals surface area contributed by atoms with Gasteiger partial charge in [-0.25, -0.2) is 0 Å². The first-order valence-electron chi connectivity index (χ1n) is 4.26. The fourth-order valence-corrected chi connectivity index (χ4v) is 1.61. The molecule has 3 nitrogen and oxygen atoms in total. The zero-order chi connectivity index (χ0) is 7.73. The van der Waals surface area contributed by atoms with Crippen LogP contribution in [0.4, 0.5) is 0 Å². The molecule has 64 valence electrons. The van der Waals surface area contributed by atoms with Gasteiger partial charge in [0.2, 0.25) is 0 Å². The molecule has 2 fully saturated rings. The summed E-state index contributed by atoms with van der Waals surface area (Å²) in [5.41, 5.74) is 0.0203. The van der Waals surface area contributed by atoms with Crippen LogP contribution in [0.3, 0.4) is 0 Å². The third-order valence-corrected chi connectivity index (χ3v) is 2.48. The Hall–Kier alpha value is -0.120. The summed E-state index contributed by atoms with van der Waals surface area (Å²) in [6.45, 7) is 5.54. The standard InChI is InChI=1S/C8H15NO2/c1-7-4-11-8(5-9-7)2-3-10-6-8/h7,9H,2-6H2,1H3/t7-,8?/m1/s1. The average Bonchev–Trinajstić information content (AvgIpc) is 2.45. The van der Waals surface area contributed by atoms with E-state index in [1.165, 1.54) is 0 Å². The minimum Gasteiger partial charge on any atom is -0.378 e. The largest absolute Gasteiger partial charge is 0.378 e. The molecule has 0 bridgehead atoms. The molecule has 11 heavy (non-hydrogen) atoms. The van der Waals surface area contributed by atoms with Gasteiger partial charge in [0.1, 0.15) is 5.60 Å². The van der Waals surface area contributed by atoms with Crippen molar-refractivity contribution in [2.45, 2.75) is 25.0 Å². The van der Waals surface area contributed by atoms with Crippen LogP contribution in [0.15, 0.2) is 0 Å². The van der Waals surface area contributed by atoms with Gasteiger partial charge in [-0.1, -0.05) is 0 Å². The second kappa shape index (κ2) is 2.73. The molecule has 2 aliphatic rings. The number of hydrogen-bond acceptors (Lipinski definition) is 3. The van der Waals surface area contributed by atoms with Crippen LogP contribution in [0, 0.1) is 0 Å². The second-order valence-corrected chi connectivity index (χ2v) is 3.58. The van der Waals surface area contributed by atoms with Crippen molar-refractivity contribution in [1.29, 1.82) is 0 Å². The molecule has 0 radical (unpaired) electrons. The van der Waals surface area contributed by atoms with E-state index in [0.717, 1.165) is 32.8 Å². The Kier molecular flexibility index (Phi) is 1.87. The summed E-state index contributed by atoms with van der Waals surface area (Å²) in [6, 6.07) is 0.501. The van der Waals surface area contributed by atoms with Gasteiger partial charge in [0, 0.05) is 25.6 Å². The minimum absolute atomic E-state index is 0.0203. The third-order valence-electron chi connectivity index (χ3n) is 2.48. The van der Waals surface area contributed by atoms with E-state index in [1.807, 2.05) is 0 Å². The first-order valence-corrected chi connectivity index (χ1v) is 4.26. The predicted molar refractivity (Wildman–Crippen MR) is 41.6 cm³/mol. The Morgan fingerprint density at radius 1 is 1.55 bits per heavy atom.